The van der Waals surface area contributed by atoms with Gasteiger partial charge in [0.15, 0.2) is 0 Å². The molecule has 1 aliphatic carbocycles. The number of phenols is 1. The first-order valence-electron chi connectivity index (χ1n) is 10.2. The third-order valence-electron chi connectivity index (χ3n) is 6.15. The molecule has 0 unspecified atom stereocenters. The van der Waals surface area contributed by atoms with Crippen molar-refractivity contribution in [2.45, 2.75) is 90.8 Å². The van der Waals surface area contributed by atoms with Crippen molar-refractivity contribution >= 4 is 18.2 Å². The lowest BCUT2D eigenvalue weighted by Crippen LogP contribution is -2.41. The van der Waals surface area contributed by atoms with Crippen LogP contribution in [0.2, 0.25) is 0 Å². The van der Waals surface area contributed by atoms with Crippen molar-refractivity contribution in [1.29, 1.82) is 0 Å². The van der Waals surface area contributed by atoms with Crippen molar-refractivity contribution in [2.75, 3.05) is 0 Å². The molecule has 0 aromatic heterocycles. The number of benzene rings is 1. The largest absolute Gasteiger partial charge is 0.507 e. The first-order chi connectivity index (χ1) is 12.2. The maximum absolute atomic E-state index is 10.9. The maximum Gasteiger partial charge on any atom is 0.495 e. The number of aryl methyl sites for hydroxylation is 1. The zero-order chi connectivity index (χ0) is 18.9. The monoisotopic (exact) mass is 356 g/mol. The van der Waals surface area contributed by atoms with Gasteiger partial charge in [-0.2, -0.15) is 0 Å². The maximum atomic E-state index is 10.9. The molecule has 142 valence electrons. The highest BCUT2D eigenvalue weighted by molar-refractivity contribution is 6.63. The number of hydrogen-bond acceptors (Lipinski definition) is 3. The molecule has 1 N–H and O–H groups in total. The second kappa shape index (κ2) is 7.40. The molecule has 0 atom stereocenters. The summed E-state index contributed by atoms with van der Waals surface area (Å²) in [5.74, 6) is 0.372. The highest BCUT2D eigenvalue weighted by Crippen LogP contribution is 2.39. The molecule has 1 aromatic carbocycles. The zero-order valence-electron chi connectivity index (χ0n) is 17.0. The molecular formula is C22H33BO3. The van der Waals surface area contributed by atoms with E-state index in [0.717, 1.165) is 48.7 Å². The topological polar surface area (TPSA) is 38.7 Å². The minimum absolute atomic E-state index is 0.372. The van der Waals surface area contributed by atoms with Gasteiger partial charge in [0.2, 0.25) is 0 Å². The van der Waals surface area contributed by atoms with Crippen molar-refractivity contribution in [3.8, 4) is 5.75 Å². The Labute approximate surface area is 158 Å². The quantitative estimate of drug-likeness (QED) is 0.756. The predicted octanol–water partition coefficient (Wildman–Crippen LogP) is 4.99. The summed E-state index contributed by atoms with van der Waals surface area (Å²) in [5, 5.41) is 10.9. The van der Waals surface area contributed by atoms with E-state index in [2.05, 4.69) is 46.8 Å². The molecule has 1 fully saturated rings. The lowest BCUT2D eigenvalue weighted by molar-refractivity contribution is 0.00578. The van der Waals surface area contributed by atoms with Crippen LogP contribution in [0.1, 0.15) is 84.3 Å². The van der Waals surface area contributed by atoms with Crippen molar-refractivity contribution in [1.82, 2.24) is 0 Å². The Morgan fingerprint density at radius 3 is 2.35 bits per heavy atom. The summed E-state index contributed by atoms with van der Waals surface area (Å²) in [6, 6.07) is 4.14. The highest BCUT2D eigenvalue weighted by Gasteiger charge is 2.52. The summed E-state index contributed by atoms with van der Waals surface area (Å²) in [6.45, 7) is 10.5. The van der Waals surface area contributed by atoms with E-state index in [9.17, 15) is 5.11 Å². The molecule has 1 aromatic rings. The Morgan fingerprint density at radius 2 is 1.77 bits per heavy atom. The van der Waals surface area contributed by atoms with Gasteiger partial charge in [0.1, 0.15) is 5.75 Å². The molecule has 26 heavy (non-hydrogen) atoms. The van der Waals surface area contributed by atoms with Crippen molar-refractivity contribution < 1.29 is 14.4 Å². The number of hydrogen-bond donors (Lipinski definition) is 1. The van der Waals surface area contributed by atoms with E-state index >= 15 is 0 Å². The van der Waals surface area contributed by atoms with Crippen LogP contribution in [-0.4, -0.2) is 23.4 Å². The van der Waals surface area contributed by atoms with Crippen molar-refractivity contribution in [2.24, 2.45) is 0 Å². The van der Waals surface area contributed by atoms with Gasteiger partial charge in [-0.25, -0.2) is 0 Å². The molecule has 4 heteroatoms. The lowest BCUT2D eigenvalue weighted by Gasteiger charge is -2.32. The fourth-order valence-corrected chi connectivity index (χ4v) is 3.81. The van der Waals surface area contributed by atoms with Gasteiger partial charge >= 0.3 is 7.12 Å². The van der Waals surface area contributed by atoms with Crippen molar-refractivity contribution in [3.63, 3.8) is 0 Å². The summed E-state index contributed by atoms with van der Waals surface area (Å²) in [5.41, 5.74) is 3.55. The Kier molecular flexibility index (Phi) is 5.55. The molecule has 0 saturated carbocycles. The third kappa shape index (κ3) is 3.72. The molecule has 1 aliphatic heterocycles. The summed E-state index contributed by atoms with van der Waals surface area (Å²) in [4.78, 5) is 0. The normalized spacial score (nSPS) is 21.7. The van der Waals surface area contributed by atoms with Crippen LogP contribution >= 0.6 is 0 Å². The molecule has 1 saturated heterocycles. The van der Waals surface area contributed by atoms with E-state index in [-0.39, 0.29) is 11.2 Å². The van der Waals surface area contributed by atoms with Crippen LogP contribution in [0.4, 0.5) is 0 Å². The van der Waals surface area contributed by atoms with Crippen LogP contribution in [0.3, 0.4) is 0 Å². The Morgan fingerprint density at radius 1 is 1.08 bits per heavy atom. The average Bonchev–Trinajstić information content (AvgIpc) is 2.81. The van der Waals surface area contributed by atoms with Gasteiger partial charge in [-0.3, -0.25) is 0 Å². The fourth-order valence-electron chi connectivity index (χ4n) is 3.81. The lowest BCUT2D eigenvalue weighted by atomic mass is 9.72. The van der Waals surface area contributed by atoms with Crippen LogP contribution in [0, 0.1) is 0 Å². The zero-order valence-corrected chi connectivity index (χ0v) is 17.0. The van der Waals surface area contributed by atoms with E-state index in [1.807, 2.05) is 6.07 Å². The minimum atomic E-state index is -0.440. The number of aromatic hydroxyl groups is 1. The molecule has 1 heterocycles. The molecule has 0 spiro atoms. The van der Waals surface area contributed by atoms with Gasteiger partial charge < -0.3 is 14.4 Å². The van der Waals surface area contributed by atoms with Gasteiger partial charge in [-0.05, 0) is 88.9 Å². The first-order valence-corrected chi connectivity index (χ1v) is 10.2. The van der Waals surface area contributed by atoms with E-state index in [0.29, 0.717) is 5.75 Å². The highest BCUT2D eigenvalue weighted by atomic mass is 16.7. The Bertz CT molecular complexity index is 675. The summed E-state index contributed by atoms with van der Waals surface area (Å²) in [6.07, 6.45) is 9.98. The Hall–Kier alpha value is -1.26. The van der Waals surface area contributed by atoms with Crippen LogP contribution < -0.4 is 5.46 Å². The molecule has 2 aliphatic rings. The molecule has 0 amide bonds. The fraction of sp³-hybridized carbons (Fsp3) is 0.636. The van der Waals surface area contributed by atoms with Gasteiger partial charge in [0, 0.05) is 5.56 Å². The number of phenolic OH excluding ortho intramolecular Hbond substituents is 1. The number of allylic oxidation sites excluding steroid dienone is 2. The van der Waals surface area contributed by atoms with E-state index in [1.54, 1.807) is 0 Å². The van der Waals surface area contributed by atoms with Gasteiger partial charge in [-0.15, -0.1) is 0 Å². The second-order valence-electron chi connectivity index (χ2n) is 8.75. The van der Waals surface area contributed by atoms with Gasteiger partial charge in [0.05, 0.1) is 11.2 Å². The summed E-state index contributed by atoms with van der Waals surface area (Å²) < 4.78 is 12.7. The van der Waals surface area contributed by atoms with Gasteiger partial charge in [0.25, 0.3) is 0 Å². The third-order valence-corrected chi connectivity index (χ3v) is 6.15. The Balaban J connectivity index is 2.05. The number of unbranched alkanes of at least 4 members (excludes halogenated alkanes) is 1. The SMILES string of the molecule is CCCCc1cc(O)c(C2=CCCCC2)c(B2OC(C)(C)C(C)(C)O2)c1. The van der Waals surface area contributed by atoms with Crippen molar-refractivity contribution in [3.05, 3.63) is 29.3 Å². The number of rotatable bonds is 5. The smallest absolute Gasteiger partial charge is 0.495 e. The van der Waals surface area contributed by atoms with Gasteiger partial charge in [-0.1, -0.05) is 25.5 Å². The molecule has 0 radical (unpaired) electrons. The van der Waals surface area contributed by atoms with Crippen LogP contribution in [0.25, 0.3) is 5.57 Å². The predicted molar refractivity (Wildman–Crippen MR) is 109 cm³/mol. The van der Waals surface area contributed by atoms with E-state index < -0.39 is 7.12 Å². The molecular weight excluding hydrogens is 323 g/mol. The first kappa shape index (κ1) is 19.5. The standard InChI is InChI=1S/C22H33BO3/c1-6-7-11-16-14-18(23-25-21(2,3)22(4,5)26-23)20(19(24)15-16)17-12-9-8-10-13-17/h12,14-15,24H,6-11,13H2,1-5H3. The molecule has 0 bridgehead atoms. The van der Waals surface area contributed by atoms with E-state index in [4.69, 9.17) is 9.31 Å². The van der Waals surface area contributed by atoms with Crippen LogP contribution in [-0.2, 0) is 15.7 Å². The van der Waals surface area contributed by atoms with Crippen LogP contribution in [0.5, 0.6) is 5.75 Å². The van der Waals surface area contributed by atoms with E-state index in [1.165, 1.54) is 18.4 Å². The average molecular weight is 356 g/mol. The summed E-state index contributed by atoms with van der Waals surface area (Å²) in [7, 11) is -0.440. The second-order valence-corrected chi connectivity index (χ2v) is 8.75. The molecule has 3 nitrogen and oxygen atoms in total. The molecule has 3 rings (SSSR count). The summed E-state index contributed by atoms with van der Waals surface area (Å²) >= 11 is 0. The van der Waals surface area contributed by atoms with Crippen LogP contribution in [0.15, 0.2) is 18.2 Å². The minimum Gasteiger partial charge on any atom is -0.507 e.